The van der Waals surface area contributed by atoms with E-state index < -0.39 is 0 Å². The maximum atomic E-state index is 5.63. The SMILES string of the molecule is CCn1cc(C(CCCCl)NN)cn1. The minimum absolute atomic E-state index is 0.161. The van der Waals surface area contributed by atoms with Crippen molar-refractivity contribution in [2.45, 2.75) is 32.4 Å². The van der Waals surface area contributed by atoms with Crippen molar-refractivity contribution in [3.05, 3.63) is 18.0 Å². The fraction of sp³-hybridized carbons (Fsp3) is 0.667. The first-order valence-corrected chi connectivity index (χ1v) is 5.39. The van der Waals surface area contributed by atoms with E-state index in [1.54, 1.807) is 0 Å². The Kier molecular flexibility index (Phi) is 4.93. The molecule has 1 rings (SSSR count). The number of nitrogens with two attached hydrogens (primary N) is 1. The monoisotopic (exact) mass is 216 g/mol. The summed E-state index contributed by atoms with van der Waals surface area (Å²) in [6.45, 7) is 2.94. The van der Waals surface area contributed by atoms with Crippen molar-refractivity contribution in [3.8, 4) is 0 Å². The number of alkyl halides is 1. The number of rotatable bonds is 6. The quantitative estimate of drug-likeness (QED) is 0.430. The van der Waals surface area contributed by atoms with Gasteiger partial charge in [-0.05, 0) is 19.8 Å². The molecule has 14 heavy (non-hydrogen) atoms. The van der Waals surface area contributed by atoms with Gasteiger partial charge in [-0.25, -0.2) is 0 Å². The van der Waals surface area contributed by atoms with Gasteiger partial charge in [-0.3, -0.25) is 16.0 Å². The molecule has 0 saturated heterocycles. The molecule has 1 aromatic rings. The number of hydrogen-bond acceptors (Lipinski definition) is 3. The summed E-state index contributed by atoms with van der Waals surface area (Å²) in [7, 11) is 0. The van der Waals surface area contributed by atoms with Crippen LogP contribution in [0.3, 0.4) is 0 Å². The van der Waals surface area contributed by atoms with Crippen molar-refractivity contribution in [1.29, 1.82) is 0 Å². The normalized spacial score (nSPS) is 13.1. The first-order valence-electron chi connectivity index (χ1n) is 4.86. The highest BCUT2D eigenvalue weighted by atomic mass is 35.5. The largest absolute Gasteiger partial charge is 0.273 e. The summed E-state index contributed by atoms with van der Waals surface area (Å²) in [5, 5.41) is 4.20. The molecule has 0 aliphatic carbocycles. The molecule has 1 atom stereocenters. The van der Waals surface area contributed by atoms with Gasteiger partial charge in [0.05, 0.1) is 6.20 Å². The number of hydrogen-bond donors (Lipinski definition) is 2. The van der Waals surface area contributed by atoms with Crippen LogP contribution in [-0.2, 0) is 6.54 Å². The first-order chi connectivity index (χ1) is 6.81. The first kappa shape index (κ1) is 11.5. The van der Waals surface area contributed by atoms with Crippen LogP contribution in [0.25, 0.3) is 0 Å². The summed E-state index contributed by atoms with van der Waals surface area (Å²) in [6, 6.07) is 0.161. The second-order valence-corrected chi connectivity index (χ2v) is 3.56. The Morgan fingerprint density at radius 1 is 1.71 bits per heavy atom. The van der Waals surface area contributed by atoms with Crippen LogP contribution in [0.4, 0.5) is 0 Å². The highest BCUT2D eigenvalue weighted by molar-refractivity contribution is 6.17. The van der Waals surface area contributed by atoms with Gasteiger partial charge in [0.15, 0.2) is 0 Å². The lowest BCUT2D eigenvalue weighted by Crippen LogP contribution is -2.27. The van der Waals surface area contributed by atoms with Gasteiger partial charge in [-0.15, -0.1) is 11.6 Å². The van der Waals surface area contributed by atoms with Crippen LogP contribution >= 0.6 is 11.6 Å². The standard InChI is InChI=1S/C9H17ClN4/c1-2-14-7-8(6-12-14)9(13-11)4-3-5-10/h6-7,9,13H,2-5,11H2,1H3. The third-order valence-electron chi connectivity index (χ3n) is 2.21. The molecule has 0 aliphatic rings. The number of aryl methyl sites for hydroxylation is 1. The van der Waals surface area contributed by atoms with Crippen LogP contribution in [0, 0.1) is 0 Å². The van der Waals surface area contributed by atoms with E-state index in [1.165, 1.54) is 0 Å². The second kappa shape index (κ2) is 6.01. The highest BCUT2D eigenvalue weighted by Crippen LogP contribution is 2.16. The van der Waals surface area contributed by atoms with Crippen LogP contribution < -0.4 is 11.3 Å². The zero-order chi connectivity index (χ0) is 10.4. The second-order valence-electron chi connectivity index (χ2n) is 3.18. The molecule has 0 fully saturated rings. The lowest BCUT2D eigenvalue weighted by atomic mass is 10.1. The van der Waals surface area contributed by atoms with E-state index in [-0.39, 0.29) is 6.04 Å². The van der Waals surface area contributed by atoms with Crippen molar-refractivity contribution in [2.24, 2.45) is 5.84 Å². The van der Waals surface area contributed by atoms with E-state index in [2.05, 4.69) is 17.4 Å². The Morgan fingerprint density at radius 2 is 2.50 bits per heavy atom. The smallest absolute Gasteiger partial charge is 0.0538 e. The Bertz CT molecular complexity index is 261. The van der Waals surface area contributed by atoms with E-state index in [0.29, 0.717) is 5.88 Å². The molecule has 5 heteroatoms. The molecule has 0 aliphatic heterocycles. The third-order valence-corrected chi connectivity index (χ3v) is 2.47. The maximum absolute atomic E-state index is 5.63. The molecule has 80 valence electrons. The van der Waals surface area contributed by atoms with Gasteiger partial charge in [-0.1, -0.05) is 0 Å². The van der Waals surface area contributed by atoms with Gasteiger partial charge < -0.3 is 0 Å². The fourth-order valence-electron chi connectivity index (χ4n) is 1.36. The summed E-state index contributed by atoms with van der Waals surface area (Å²) >= 11 is 5.63. The summed E-state index contributed by atoms with van der Waals surface area (Å²) in [6.07, 6.45) is 5.75. The maximum Gasteiger partial charge on any atom is 0.0538 e. The van der Waals surface area contributed by atoms with E-state index in [4.69, 9.17) is 17.4 Å². The summed E-state index contributed by atoms with van der Waals surface area (Å²) in [5.41, 5.74) is 3.90. The lowest BCUT2D eigenvalue weighted by Gasteiger charge is -2.12. The molecule has 1 aromatic heterocycles. The summed E-state index contributed by atoms with van der Waals surface area (Å²) in [5.74, 6) is 6.13. The number of nitrogens with one attached hydrogen (secondary N) is 1. The van der Waals surface area contributed by atoms with Crippen LogP contribution in [0.1, 0.15) is 31.4 Å². The predicted octanol–water partition coefficient (Wildman–Crippen LogP) is 1.43. The zero-order valence-corrected chi connectivity index (χ0v) is 9.17. The Balaban J connectivity index is 2.58. The highest BCUT2D eigenvalue weighted by Gasteiger charge is 2.10. The lowest BCUT2D eigenvalue weighted by molar-refractivity contribution is 0.510. The molecule has 3 N–H and O–H groups in total. The topological polar surface area (TPSA) is 55.9 Å². The van der Waals surface area contributed by atoms with E-state index >= 15 is 0 Å². The molecule has 4 nitrogen and oxygen atoms in total. The average molecular weight is 217 g/mol. The van der Waals surface area contributed by atoms with Crippen LogP contribution in [0.5, 0.6) is 0 Å². The Morgan fingerprint density at radius 3 is 3.00 bits per heavy atom. The third kappa shape index (κ3) is 2.97. The Labute approximate surface area is 89.4 Å². The van der Waals surface area contributed by atoms with Crippen LogP contribution in [0.2, 0.25) is 0 Å². The summed E-state index contributed by atoms with van der Waals surface area (Å²) in [4.78, 5) is 0. The average Bonchev–Trinajstić information content (AvgIpc) is 2.68. The van der Waals surface area contributed by atoms with Gasteiger partial charge in [0.2, 0.25) is 0 Å². The summed E-state index contributed by atoms with van der Waals surface area (Å²) < 4.78 is 1.89. The van der Waals surface area contributed by atoms with Crippen molar-refractivity contribution in [2.75, 3.05) is 5.88 Å². The molecule has 1 unspecified atom stereocenters. The fourth-order valence-corrected chi connectivity index (χ4v) is 1.51. The molecule has 0 spiro atoms. The van der Waals surface area contributed by atoms with Crippen molar-refractivity contribution < 1.29 is 0 Å². The molecule has 0 amide bonds. The number of nitrogens with zero attached hydrogens (tertiary/aromatic N) is 2. The Hall–Kier alpha value is -0.580. The van der Waals surface area contributed by atoms with Gasteiger partial charge >= 0.3 is 0 Å². The van der Waals surface area contributed by atoms with E-state index in [0.717, 1.165) is 24.9 Å². The molecule has 1 heterocycles. The molecule has 0 saturated carbocycles. The van der Waals surface area contributed by atoms with Gasteiger partial charge in [-0.2, -0.15) is 5.10 Å². The van der Waals surface area contributed by atoms with Crippen molar-refractivity contribution in [1.82, 2.24) is 15.2 Å². The zero-order valence-electron chi connectivity index (χ0n) is 8.41. The van der Waals surface area contributed by atoms with Crippen LogP contribution in [0.15, 0.2) is 12.4 Å². The van der Waals surface area contributed by atoms with Gasteiger partial charge in [0.25, 0.3) is 0 Å². The van der Waals surface area contributed by atoms with E-state index in [1.807, 2.05) is 17.1 Å². The predicted molar refractivity (Wildman–Crippen MR) is 57.9 cm³/mol. The molecule has 0 radical (unpaired) electrons. The van der Waals surface area contributed by atoms with Crippen molar-refractivity contribution >= 4 is 11.6 Å². The van der Waals surface area contributed by atoms with Gasteiger partial charge in [0, 0.05) is 30.2 Å². The van der Waals surface area contributed by atoms with E-state index in [9.17, 15) is 0 Å². The molecular weight excluding hydrogens is 200 g/mol. The van der Waals surface area contributed by atoms with Crippen LogP contribution in [-0.4, -0.2) is 15.7 Å². The molecule has 0 bridgehead atoms. The number of aromatic nitrogens is 2. The molecular formula is C9H17ClN4. The minimum Gasteiger partial charge on any atom is -0.273 e. The number of hydrazine groups is 1. The number of halogens is 1. The minimum atomic E-state index is 0.161. The van der Waals surface area contributed by atoms with Gasteiger partial charge in [0.1, 0.15) is 0 Å². The van der Waals surface area contributed by atoms with Crippen molar-refractivity contribution in [3.63, 3.8) is 0 Å². The molecule has 0 aromatic carbocycles.